The van der Waals surface area contributed by atoms with Gasteiger partial charge in [0.2, 0.25) is 0 Å². The van der Waals surface area contributed by atoms with E-state index in [9.17, 15) is 4.79 Å². The Balaban J connectivity index is 2.22. The number of hydrogen-bond donors (Lipinski definition) is 0. The van der Waals surface area contributed by atoms with Crippen LogP contribution in [0.4, 0.5) is 5.69 Å². The zero-order valence-corrected chi connectivity index (χ0v) is 14.4. The molecule has 0 aromatic heterocycles. The highest BCUT2D eigenvalue weighted by Crippen LogP contribution is 2.23. The predicted molar refractivity (Wildman–Crippen MR) is 91.6 cm³/mol. The SMILES string of the molecule is Cc1ccc(C(=O)N2CCOCC2)cc1N(CCCl)CCCl. The Morgan fingerprint density at radius 3 is 2.45 bits per heavy atom. The molecule has 1 aromatic carbocycles. The second kappa shape index (κ2) is 8.61. The van der Waals surface area contributed by atoms with E-state index >= 15 is 0 Å². The number of benzene rings is 1. The van der Waals surface area contributed by atoms with Gasteiger partial charge in [0.1, 0.15) is 0 Å². The van der Waals surface area contributed by atoms with Crippen molar-refractivity contribution in [2.24, 2.45) is 0 Å². The number of amides is 1. The van der Waals surface area contributed by atoms with E-state index in [4.69, 9.17) is 27.9 Å². The molecule has 0 atom stereocenters. The Bertz CT molecular complexity index is 499. The van der Waals surface area contributed by atoms with Crippen LogP contribution in [0.25, 0.3) is 0 Å². The van der Waals surface area contributed by atoms with Gasteiger partial charge in [-0.15, -0.1) is 23.2 Å². The third-order valence-electron chi connectivity index (χ3n) is 3.80. The Labute approximate surface area is 141 Å². The molecule has 6 heteroatoms. The van der Waals surface area contributed by atoms with Gasteiger partial charge in [-0.25, -0.2) is 0 Å². The van der Waals surface area contributed by atoms with Gasteiger partial charge in [-0.2, -0.15) is 0 Å². The van der Waals surface area contributed by atoms with Crippen LogP contribution < -0.4 is 4.90 Å². The van der Waals surface area contributed by atoms with Crippen molar-refractivity contribution in [1.29, 1.82) is 0 Å². The maximum atomic E-state index is 12.6. The summed E-state index contributed by atoms with van der Waals surface area (Å²) in [6.45, 7) is 5.97. The molecule has 0 bridgehead atoms. The minimum Gasteiger partial charge on any atom is -0.378 e. The molecular weight excluding hydrogens is 323 g/mol. The van der Waals surface area contributed by atoms with Crippen molar-refractivity contribution in [3.63, 3.8) is 0 Å². The van der Waals surface area contributed by atoms with E-state index in [0.717, 1.165) is 11.3 Å². The second-order valence-electron chi connectivity index (χ2n) is 5.27. The van der Waals surface area contributed by atoms with Gasteiger partial charge in [-0.3, -0.25) is 4.79 Å². The first kappa shape index (κ1) is 17.4. The first-order valence-electron chi connectivity index (χ1n) is 7.52. The fourth-order valence-electron chi connectivity index (χ4n) is 2.59. The molecule has 4 nitrogen and oxygen atoms in total. The maximum absolute atomic E-state index is 12.6. The average Bonchev–Trinajstić information content (AvgIpc) is 2.55. The van der Waals surface area contributed by atoms with Gasteiger partial charge in [0, 0.05) is 49.2 Å². The van der Waals surface area contributed by atoms with Gasteiger partial charge in [-0.05, 0) is 24.6 Å². The molecule has 0 saturated carbocycles. The zero-order chi connectivity index (χ0) is 15.9. The number of rotatable bonds is 6. The highest BCUT2D eigenvalue weighted by Gasteiger charge is 2.20. The van der Waals surface area contributed by atoms with Crippen molar-refractivity contribution in [3.05, 3.63) is 29.3 Å². The molecule has 1 aromatic rings. The summed E-state index contributed by atoms with van der Waals surface area (Å²) in [5, 5.41) is 0. The Hall–Kier alpha value is -0.970. The molecule has 1 amide bonds. The number of aryl methyl sites for hydroxylation is 1. The van der Waals surface area contributed by atoms with Crippen LogP contribution in [0.1, 0.15) is 15.9 Å². The summed E-state index contributed by atoms with van der Waals surface area (Å²) in [5.41, 5.74) is 2.85. The van der Waals surface area contributed by atoms with Crippen molar-refractivity contribution in [2.75, 3.05) is 56.1 Å². The number of alkyl halides is 2. The number of halogens is 2. The van der Waals surface area contributed by atoms with Gasteiger partial charge >= 0.3 is 0 Å². The number of carbonyl (C=O) groups is 1. The lowest BCUT2D eigenvalue weighted by molar-refractivity contribution is 0.0303. The third-order valence-corrected chi connectivity index (χ3v) is 4.14. The predicted octanol–water partition coefficient (Wildman–Crippen LogP) is 2.75. The molecule has 1 aliphatic heterocycles. The lowest BCUT2D eigenvalue weighted by atomic mass is 10.1. The number of anilines is 1. The van der Waals surface area contributed by atoms with Crippen LogP contribution in [0.2, 0.25) is 0 Å². The molecule has 1 saturated heterocycles. The van der Waals surface area contributed by atoms with Crippen LogP contribution in [0.15, 0.2) is 18.2 Å². The van der Waals surface area contributed by atoms with Gasteiger partial charge in [-0.1, -0.05) is 6.07 Å². The van der Waals surface area contributed by atoms with Crippen molar-refractivity contribution in [3.8, 4) is 0 Å². The van der Waals surface area contributed by atoms with Gasteiger partial charge in [0.25, 0.3) is 5.91 Å². The molecule has 1 heterocycles. The smallest absolute Gasteiger partial charge is 0.254 e. The van der Waals surface area contributed by atoms with Crippen LogP contribution in [0.3, 0.4) is 0 Å². The van der Waals surface area contributed by atoms with Gasteiger partial charge in [0.05, 0.1) is 13.2 Å². The van der Waals surface area contributed by atoms with Gasteiger partial charge in [0.15, 0.2) is 0 Å². The molecule has 22 heavy (non-hydrogen) atoms. The monoisotopic (exact) mass is 344 g/mol. The number of carbonyl (C=O) groups excluding carboxylic acids is 1. The molecule has 0 unspecified atom stereocenters. The summed E-state index contributed by atoms with van der Waals surface area (Å²) in [7, 11) is 0. The molecule has 0 spiro atoms. The van der Waals surface area contributed by atoms with Crippen LogP contribution in [-0.2, 0) is 4.74 Å². The fraction of sp³-hybridized carbons (Fsp3) is 0.562. The van der Waals surface area contributed by atoms with E-state index in [1.165, 1.54) is 0 Å². The second-order valence-corrected chi connectivity index (χ2v) is 6.03. The molecule has 0 radical (unpaired) electrons. The Kier molecular flexibility index (Phi) is 6.80. The van der Waals surface area contributed by atoms with E-state index in [-0.39, 0.29) is 5.91 Å². The van der Waals surface area contributed by atoms with E-state index < -0.39 is 0 Å². The van der Waals surface area contributed by atoms with Gasteiger partial charge < -0.3 is 14.5 Å². The molecule has 0 N–H and O–H groups in total. The van der Waals surface area contributed by atoms with Crippen molar-refractivity contribution < 1.29 is 9.53 Å². The molecule has 1 aliphatic rings. The van der Waals surface area contributed by atoms with Crippen molar-refractivity contribution in [1.82, 2.24) is 4.90 Å². The van der Waals surface area contributed by atoms with Crippen molar-refractivity contribution >= 4 is 34.8 Å². The normalized spacial score (nSPS) is 15.0. The van der Waals surface area contributed by atoms with E-state index in [2.05, 4.69) is 4.90 Å². The topological polar surface area (TPSA) is 32.8 Å². The molecule has 1 fully saturated rings. The molecule has 122 valence electrons. The summed E-state index contributed by atoms with van der Waals surface area (Å²) in [6, 6.07) is 5.82. The first-order valence-corrected chi connectivity index (χ1v) is 8.59. The number of nitrogens with zero attached hydrogens (tertiary/aromatic N) is 2. The summed E-state index contributed by atoms with van der Waals surface area (Å²) in [4.78, 5) is 16.6. The minimum absolute atomic E-state index is 0.0567. The van der Waals surface area contributed by atoms with Crippen LogP contribution in [-0.4, -0.2) is 62.0 Å². The zero-order valence-electron chi connectivity index (χ0n) is 12.9. The van der Waals surface area contributed by atoms with Crippen LogP contribution in [0, 0.1) is 6.92 Å². The van der Waals surface area contributed by atoms with Crippen LogP contribution in [0.5, 0.6) is 0 Å². The molecular formula is C16H22Cl2N2O2. The quantitative estimate of drug-likeness (QED) is 0.744. The number of ether oxygens (including phenoxy) is 1. The maximum Gasteiger partial charge on any atom is 0.254 e. The summed E-state index contributed by atoms with van der Waals surface area (Å²) in [5.74, 6) is 1.11. The van der Waals surface area contributed by atoms with E-state index in [1.807, 2.05) is 30.0 Å². The fourth-order valence-corrected chi connectivity index (χ4v) is 3.00. The Morgan fingerprint density at radius 1 is 1.23 bits per heavy atom. The Morgan fingerprint density at radius 2 is 1.86 bits per heavy atom. The standard InChI is InChI=1S/C16H22Cl2N2O2/c1-13-2-3-14(16(21)20-8-10-22-11-9-20)12-15(13)19(6-4-17)7-5-18/h2-3,12H,4-11H2,1H3. The van der Waals surface area contributed by atoms with Crippen LogP contribution >= 0.6 is 23.2 Å². The first-order chi connectivity index (χ1) is 10.7. The highest BCUT2D eigenvalue weighted by atomic mass is 35.5. The average molecular weight is 345 g/mol. The minimum atomic E-state index is 0.0567. The molecule has 0 aliphatic carbocycles. The van der Waals surface area contributed by atoms with Crippen molar-refractivity contribution in [2.45, 2.75) is 6.92 Å². The lowest BCUT2D eigenvalue weighted by Gasteiger charge is -2.28. The number of hydrogen-bond acceptors (Lipinski definition) is 3. The van der Waals surface area contributed by atoms with E-state index in [1.54, 1.807) is 0 Å². The summed E-state index contributed by atoms with van der Waals surface area (Å²) >= 11 is 11.8. The summed E-state index contributed by atoms with van der Waals surface area (Å²) < 4.78 is 5.30. The largest absolute Gasteiger partial charge is 0.378 e. The number of morpholine rings is 1. The third kappa shape index (κ3) is 4.28. The highest BCUT2D eigenvalue weighted by molar-refractivity contribution is 6.18. The lowest BCUT2D eigenvalue weighted by Crippen LogP contribution is -2.40. The summed E-state index contributed by atoms with van der Waals surface area (Å²) in [6.07, 6.45) is 0. The molecule has 2 rings (SSSR count). The van der Waals surface area contributed by atoms with E-state index in [0.29, 0.717) is 56.7 Å².